The van der Waals surface area contributed by atoms with E-state index in [1.807, 2.05) is 12.1 Å². The Balaban J connectivity index is 1.41. The SMILES string of the molecule is COc1ccc(N2CCN(CN3C(=O)C(=O)c4cc(Cl)ccc43)CC2)cc1. The molecule has 1 amide bonds. The van der Waals surface area contributed by atoms with Crippen molar-refractivity contribution in [1.29, 1.82) is 0 Å². The summed E-state index contributed by atoms with van der Waals surface area (Å²) in [5, 5.41) is 0.463. The first-order valence-electron chi connectivity index (χ1n) is 8.84. The molecular weight excluding hydrogens is 366 g/mol. The zero-order valence-electron chi connectivity index (χ0n) is 15.0. The van der Waals surface area contributed by atoms with Crippen molar-refractivity contribution in [3.05, 3.63) is 53.1 Å². The van der Waals surface area contributed by atoms with Crippen molar-refractivity contribution in [2.75, 3.05) is 49.8 Å². The molecule has 6 nitrogen and oxygen atoms in total. The van der Waals surface area contributed by atoms with Crippen molar-refractivity contribution in [3.8, 4) is 5.75 Å². The molecule has 2 aliphatic heterocycles. The van der Waals surface area contributed by atoms with Crippen molar-refractivity contribution in [3.63, 3.8) is 0 Å². The van der Waals surface area contributed by atoms with Gasteiger partial charge in [0.1, 0.15) is 5.75 Å². The fourth-order valence-corrected chi connectivity index (χ4v) is 3.73. The number of carbonyl (C=O) groups excluding carboxylic acids is 2. The Hall–Kier alpha value is -2.57. The van der Waals surface area contributed by atoms with E-state index in [-0.39, 0.29) is 0 Å². The third-order valence-corrected chi connectivity index (χ3v) is 5.32. The van der Waals surface area contributed by atoms with Crippen LogP contribution >= 0.6 is 11.6 Å². The van der Waals surface area contributed by atoms with Crippen molar-refractivity contribution in [2.24, 2.45) is 0 Å². The van der Waals surface area contributed by atoms with Gasteiger partial charge in [-0.3, -0.25) is 19.4 Å². The molecule has 0 radical (unpaired) electrons. The van der Waals surface area contributed by atoms with Gasteiger partial charge in [-0.25, -0.2) is 0 Å². The maximum atomic E-state index is 12.4. The number of piperazine rings is 1. The molecule has 0 saturated carbocycles. The number of hydrogen-bond acceptors (Lipinski definition) is 5. The lowest BCUT2D eigenvalue weighted by Gasteiger charge is -2.37. The average Bonchev–Trinajstić information content (AvgIpc) is 2.93. The summed E-state index contributed by atoms with van der Waals surface area (Å²) in [6, 6.07) is 13.0. The number of ketones is 1. The van der Waals surface area contributed by atoms with Crippen LogP contribution < -0.4 is 14.5 Å². The molecule has 0 aliphatic carbocycles. The molecule has 1 fully saturated rings. The third-order valence-electron chi connectivity index (χ3n) is 5.08. The molecule has 0 N–H and O–H groups in total. The zero-order valence-corrected chi connectivity index (χ0v) is 15.8. The molecule has 2 aliphatic rings. The molecule has 0 atom stereocenters. The number of halogens is 1. The van der Waals surface area contributed by atoms with Crippen LogP contribution in [0.25, 0.3) is 0 Å². The Kier molecular flexibility index (Phi) is 4.76. The molecule has 7 heteroatoms. The average molecular weight is 386 g/mol. The Bertz CT molecular complexity index is 877. The van der Waals surface area contributed by atoms with Crippen LogP contribution in [0.5, 0.6) is 5.75 Å². The Morgan fingerprint density at radius 1 is 1.00 bits per heavy atom. The lowest BCUT2D eigenvalue weighted by molar-refractivity contribution is -0.114. The molecule has 27 heavy (non-hydrogen) atoms. The number of fused-ring (bicyclic) bond motifs is 1. The zero-order chi connectivity index (χ0) is 19.0. The van der Waals surface area contributed by atoms with E-state index in [0.29, 0.717) is 22.9 Å². The standard InChI is InChI=1S/C20H20ClN3O3/c1-27-16-5-3-15(4-6-16)23-10-8-22(9-11-23)13-24-18-7-2-14(21)12-17(18)19(25)20(24)26/h2-7,12H,8-11,13H2,1H3. The number of carbonyl (C=O) groups is 2. The number of Topliss-reactive ketones (excluding diaryl/α,β-unsaturated/α-hetero) is 1. The Morgan fingerprint density at radius 2 is 1.70 bits per heavy atom. The lowest BCUT2D eigenvalue weighted by atomic mass is 10.1. The summed E-state index contributed by atoms with van der Waals surface area (Å²) in [6.07, 6.45) is 0. The van der Waals surface area contributed by atoms with E-state index in [4.69, 9.17) is 16.3 Å². The summed E-state index contributed by atoms with van der Waals surface area (Å²) in [5.74, 6) is -0.123. The minimum absolute atomic E-state index is 0.393. The van der Waals surface area contributed by atoms with Crippen LogP contribution in [0.1, 0.15) is 10.4 Å². The van der Waals surface area contributed by atoms with Gasteiger partial charge in [-0.05, 0) is 42.5 Å². The second kappa shape index (κ2) is 7.21. The van der Waals surface area contributed by atoms with E-state index in [2.05, 4.69) is 21.9 Å². The van der Waals surface area contributed by atoms with Crippen molar-refractivity contribution in [1.82, 2.24) is 4.90 Å². The van der Waals surface area contributed by atoms with Gasteiger partial charge in [0.05, 0.1) is 25.0 Å². The first-order valence-corrected chi connectivity index (χ1v) is 9.22. The van der Waals surface area contributed by atoms with E-state index in [9.17, 15) is 9.59 Å². The van der Waals surface area contributed by atoms with Gasteiger partial charge in [-0.15, -0.1) is 0 Å². The van der Waals surface area contributed by atoms with Crippen LogP contribution in [0.15, 0.2) is 42.5 Å². The van der Waals surface area contributed by atoms with Crippen LogP contribution in [-0.4, -0.2) is 56.5 Å². The normalized spacial score (nSPS) is 17.4. The first kappa shape index (κ1) is 17.8. The predicted molar refractivity (Wildman–Crippen MR) is 105 cm³/mol. The van der Waals surface area contributed by atoms with E-state index in [0.717, 1.165) is 37.6 Å². The van der Waals surface area contributed by atoms with Gasteiger partial charge in [0, 0.05) is 36.9 Å². The number of anilines is 2. The number of rotatable bonds is 4. The molecule has 2 aromatic carbocycles. The van der Waals surface area contributed by atoms with Gasteiger partial charge in [0.25, 0.3) is 5.78 Å². The van der Waals surface area contributed by atoms with Gasteiger partial charge < -0.3 is 9.64 Å². The molecule has 0 unspecified atom stereocenters. The number of ether oxygens (including phenoxy) is 1. The third kappa shape index (κ3) is 3.38. The van der Waals surface area contributed by atoms with Crippen LogP contribution in [0.4, 0.5) is 11.4 Å². The van der Waals surface area contributed by atoms with Crippen LogP contribution in [0.3, 0.4) is 0 Å². The van der Waals surface area contributed by atoms with E-state index < -0.39 is 11.7 Å². The highest BCUT2D eigenvalue weighted by Crippen LogP contribution is 2.31. The van der Waals surface area contributed by atoms with Gasteiger partial charge in [-0.2, -0.15) is 0 Å². The number of nitrogens with zero attached hydrogens (tertiary/aromatic N) is 3. The van der Waals surface area contributed by atoms with Crippen molar-refractivity contribution >= 4 is 34.7 Å². The van der Waals surface area contributed by atoms with Gasteiger partial charge in [0.15, 0.2) is 0 Å². The first-order chi connectivity index (χ1) is 13.1. The van der Waals surface area contributed by atoms with E-state index in [1.165, 1.54) is 0 Å². The highest BCUT2D eigenvalue weighted by atomic mass is 35.5. The highest BCUT2D eigenvalue weighted by molar-refractivity contribution is 6.52. The predicted octanol–water partition coefficient (Wildman–Crippen LogP) is 2.66. The molecule has 4 rings (SSSR count). The maximum Gasteiger partial charge on any atom is 0.300 e. The summed E-state index contributed by atoms with van der Waals surface area (Å²) in [6.45, 7) is 3.75. The number of amides is 1. The monoisotopic (exact) mass is 385 g/mol. The summed E-state index contributed by atoms with van der Waals surface area (Å²) < 4.78 is 5.20. The fraction of sp³-hybridized carbons (Fsp3) is 0.300. The second-order valence-electron chi connectivity index (χ2n) is 6.67. The van der Waals surface area contributed by atoms with Gasteiger partial charge in [0.2, 0.25) is 0 Å². The molecular formula is C20H20ClN3O3. The Morgan fingerprint density at radius 3 is 2.37 bits per heavy atom. The van der Waals surface area contributed by atoms with Crippen molar-refractivity contribution < 1.29 is 14.3 Å². The number of hydrogen-bond donors (Lipinski definition) is 0. The summed E-state index contributed by atoms with van der Waals surface area (Å²) >= 11 is 5.96. The molecule has 0 spiro atoms. The smallest absolute Gasteiger partial charge is 0.300 e. The van der Waals surface area contributed by atoms with Crippen LogP contribution in [0, 0.1) is 0 Å². The molecule has 0 bridgehead atoms. The quantitative estimate of drug-likeness (QED) is 0.757. The fourth-order valence-electron chi connectivity index (χ4n) is 3.55. The Labute approximate surface area is 162 Å². The largest absolute Gasteiger partial charge is 0.497 e. The topological polar surface area (TPSA) is 53.1 Å². The maximum absolute atomic E-state index is 12.4. The summed E-state index contributed by atoms with van der Waals surface area (Å²) in [5.41, 5.74) is 2.19. The summed E-state index contributed by atoms with van der Waals surface area (Å²) in [7, 11) is 1.66. The second-order valence-corrected chi connectivity index (χ2v) is 7.10. The minimum Gasteiger partial charge on any atom is -0.497 e. The number of methoxy groups -OCH3 is 1. The van der Waals surface area contributed by atoms with Crippen LogP contribution in [0.2, 0.25) is 5.02 Å². The van der Waals surface area contributed by atoms with Gasteiger partial charge in [-0.1, -0.05) is 11.6 Å². The lowest BCUT2D eigenvalue weighted by Crippen LogP contribution is -2.51. The molecule has 2 aromatic rings. The van der Waals surface area contributed by atoms with Gasteiger partial charge >= 0.3 is 5.91 Å². The molecule has 0 aromatic heterocycles. The van der Waals surface area contributed by atoms with E-state index >= 15 is 0 Å². The highest BCUT2D eigenvalue weighted by Gasteiger charge is 2.37. The molecule has 2 heterocycles. The number of benzene rings is 2. The molecule has 140 valence electrons. The van der Waals surface area contributed by atoms with Crippen molar-refractivity contribution in [2.45, 2.75) is 0 Å². The summed E-state index contributed by atoms with van der Waals surface area (Å²) in [4.78, 5) is 30.6. The van der Waals surface area contributed by atoms with Crippen LogP contribution in [-0.2, 0) is 4.79 Å². The minimum atomic E-state index is -0.482. The van der Waals surface area contributed by atoms with E-state index in [1.54, 1.807) is 30.2 Å². The molecule has 1 saturated heterocycles.